The van der Waals surface area contributed by atoms with Crippen LogP contribution >= 0.6 is 11.6 Å². The quantitative estimate of drug-likeness (QED) is 0.614. The average molecular weight is 360 g/mol. The van der Waals surface area contributed by atoms with Gasteiger partial charge in [-0.1, -0.05) is 23.7 Å². The minimum atomic E-state index is -4.76. The van der Waals surface area contributed by atoms with Crippen molar-refractivity contribution in [3.63, 3.8) is 0 Å². The predicted molar refractivity (Wildman–Crippen MR) is 82.2 cm³/mol. The molecule has 8 heteroatoms. The van der Waals surface area contributed by atoms with Gasteiger partial charge in [0.1, 0.15) is 11.6 Å². The van der Waals surface area contributed by atoms with Gasteiger partial charge in [-0.25, -0.2) is 4.39 Å². The number of benzene rings is 2. The Labute approximate surface area is 139 Å². The monoisotopic (exact) mass is 359 g/mol. The summed E-state index contributed by atoms with van der Waals surface area (Å²) in [6.07, 6.45) is -2.18. The molecule has 0 spiro atoms. The molecular weight excluding hydrogens is 350 g/mol. The summed E-state index contributed by atoms with van der Waals surface area (Å²) in [6.45, 7) is 0. The lowest BCUT2D eigenvalue weighted by atomic mass is 10.2. The number of ether oxygens (including phenoxy) is 1. The Hall–Kier alpha value is -2.54. The summed E-state index contributed by atoms with van der Waals surface area (Å²) in [5.74, 6) is -1.47. The van der Waals surface area contributed by atoms with Gasteiger partial charge in [-0.3, -0.25) is 4.79 Å². The summed E-state index contributed by atoms with van der Waals surface area (Å²) >= 11 is 5.59. The molecule has 0 radical (unpaired) electrons. The van der Waals surface area contributed by atoms with Crippen LogP contribution in [0.5, 0.6) is 5.75 Å². The van der Waals surface area contributed by atoms with Gasteiger partial charge in [0.2, 0.25) is 5.91 Å². The molecule has 0 aliphatic rings. The molecule has 0 unspecified atom stereocenters. The molecule has 24 heavy (non-hydrogen) atoms. The van der Waals surface area contributed by atoms with Crippen molar-refractivity contribution in [1.82, 2.24) is 0 Å². The van der Waals surface area contributed by atoms with Crippen LogP contribution in [0.1, 0.15) is 5.56 Å². The number of carbonyl (C=O) groups excluding carboxylic acids is 1. The molecule has 0 saturated carbocycles. The van der Waals surface area contributed by atoms with Crippen LogP contribution < -0.4 is 10.1 Å². The second-order valence-corrected chi connectivity index (χ2v) is 4.98. The van der Waals surface area contributed by atoms with Gasteiger partial charge in [-0.15, -0.1) is 13.2 Å². The highest BCUT2D eigenvalue weighted by molar-refractivity contribution is 6.31. The van der Waals surface area contributed by atoms with E-state index >= 15 is 0 Å². The van der Waals surface area contributed by atoms with Crippen LogP contribution in [0.25, 0.3) is 6.08 Å². The van der Waals surface area contributed by atoms with Crippen molar-refractivity contribution >= 4 is 29.3 Å². The van der Waals surface area contributed by atoms with Crippen LogP contribution in [0, 0.1) is 5.82 Å². The number of hydrogen-bond donors (Lipinski definition) is 1. The molecule has 0 atom stereocenters. The minimum Gasteiger partial charge on any atom is -0.406 e. The van der Waals surface area contributed by atoms with Gasteiger partial charge >= 0.3 is 6.36 Å². The number of nitrogens with one attached hydrogen (secondary N) is 1. The lowest BCUT2D eigenvalue weighted by Crippen LogP contribution is -2.16. The average Bonchev–Trinajstić information content (AvgIpc) is 2.49. The van der Waals surface area contributed by atoms with E-state index in [1.165, 1.54) is 36.4 Å². The first-order valence-electron chi connectivity index (χ1n) is 6.53. The number of anilines is 1. The van der Waals surface area contributed by atoms with Gasteiger partial charge < -0.3 is 10.1 Å². The van der Waals surface area contributed by atoms with Crippen molar-refractivity contribution in [2.24, 2.45) is 0 Å². The summed E-state index contributed by atoms with van der Waals surface area (Å²) in [4.78, 5) is 11.7. The number of hydrogen-bond acceptors (Lipinski definition) is 2. The first kappa shape index (κ1) is 17.8. The van der Waals surface area contributed by atoms with Gasteiger partial charge in [0.15, 0.2) is 0 Å². The highest BCUT2D eigenvalue weighted by Gasteiger charge is 2.30. The summed E-state index contributed by atoms with van der Waals surface area (Å²) in [5.41, 5.74) is 0.807. The molecule has 2 rings (SSSR count). The first-order chi connectivity index (χ1) is 11.2. The van der Waals surface area contributed by atoms with E-state index < -0.39 is 18.1 Å². The largest absolute Gasteiger partial charge is 0.573 e. The number of carbonyl (C=O) groups is 1. The summed E-state index contributed by atoms with van der Waals surface area (Å²) in [7, 11) is 0. The first-order valence-corrected chi connectivity index (χ1v) is 6.91. The third kappa shape index (κ3) is 5.58. The zero-order valence-electron chi connectivity index (χ0n) is 11.9. The van der Waals surface area contributed by atoms with Crippen molar-refractivity contribution in [2.75, 3.05) is 5.32 Å². The Balaban J connectivity index is 1.97. The molecule has 0 aliphatic carbocycles. The van der Waals surface area contributed by atoms with E-state index in [-0.39, 0.29) is 10.8 Å². The molecule has 0 fully saturated rings. The van der Waals surface area contributed by atoms with E-state index in [9.17, 15) is 22.4 Å². The molecular formula is C16H10ClF4NO2. The lowest BCUT2D eigenvalue weighted by Gasteiger charge is -2.08. The normalized spacial score (nSPS) is 11.5. The molecule has 3 nitrogen and oxygen atoms in total. The SMILES string of the molecule is O=C(/C=C/c1ccc(OC(F)(F)F)cc1)Nc1ccc(F)c(Cl)c1. The molecule has 0 bridgehead atoms. The van der Waals surface area contributed by atoms with E-state index in [2.05, 4.69) is 10.1 Å². The van der Waals surface area contributed by atoms with Crippen molar-refractivity contribution in [1.29, 1.82) is 0 Å². The fourth-order valence-corrected chi connectivity index (χ4v) is 1.89. The molecule has 2 aromatic rings. The molecule has 0 saturated heterocycles. The number of amides is 1. The molecule has 1 amide bonds. The Morgan fingerprint density at radius 2 is 1.79 bits per heavy atom. The molecule has 2 aromatic carbocycles. The van der Waals surface area contributed by atoms with E-state index in [0.717, 1.165) is 18.2 Å². The second-order valence-electron chi connectivity index (χ2n) is 4.57. The van der Waals surface area contributed by atoms with Crippen LogP contribution in [0.3, 0.4) is 0 Å². The van der Waals surface area contributed by atoms with Crippen molar-refractivity contribution < 1.29 is 27.1 Å². The molecule has 0 aliphatic heterocycles. The van der Waals surface area contributed by atoms with E-state index in [0.29, 0.717) is 11.3 Å². The standard InChI is InChI=1S/C16H10ClF4NO2/c17-13-9-11(4-7-14(13)18)22-15(23)8-3-10-1-5-12(6-2-10)24-16(19,20)21/h1-9H,(H,22,23)/b8-3+. The van der Waals surface area contributed by atoms with Crippen LogP contribution in [0.2, 0.25) is 5.02 Å². The maximum Gasteiger partial charge on any atom is 0.573 e. The smallest absolute Gasteiger partial charge is 0.406 e. The Morgan fingerprint density at radius 3 is 2.38 bits per heavy atom. The zero-order valence-corrected chi connectivity index (χ0v) is 12.7. The van der Waals surface area contributed by atoms with Crippen molar-refractivity contribution in [3.8, 4) is 5.75 Å². The van der Waals surface area contributed by atoms with E-state index in [4.69, 9.17) is 11.6 Å². The van der Waals surface area contributed by atoms with E-state index in [1.54, 1.807) is 0 Å². The number of halogens is 5. The van der Waals surface area contributed by atoms with Gasteiger partial charge in [0, 0.05) is 11.8 Å². The molecule has 126 valence electrons. The van der Waals surface area contributed by atoms with Crippen LogP contribution in [-0.4, -0.2) is 12.3 Å². The van der Waals surface area contributed by atoms with Crippen LogP contribution in [0.4, 0.5) is 23.2 Å². The molecule has 0 heterocycles. The Bertz CT molecular complexity index is 758. The fraction of sp³-hybridized carbons (Fsp3) is 0.0625. The summed E-state index contributed by atoms with van der Waals surface area (Å²) in [6, 6.07) is 8.69. The molecule has 1 N–H and O–H groups in total. The fourth-order valence-electron chi connectivity index (χ4n) is 1.71. The topological polar surface area (TPSA) is 38.3 Å². The third-order valence-corrected chi connectivity index (χ3v) is 3.02. The Kier molecular flexibility index (Phi) is 5.46. The summed E-state index contributed by atoms with van der Waals surface area (Å²) in [5, 5.41) is 2.34. The van der Waals surface area contributed by atoms with Gasteiger partial charge in [-0.2, -0.15) is 0 Å². The van der Waals surface area contributed by atoms with Crippen LogP contribution in [-0.2, 0) is 4.79 Å². The van der Waals surface area contributed by atoms with Gasteiger partial charge in [0.05, 0.1) is 5.02 Å². The molecule has 0 aromatic heterocycles. The number of alkyl halides is 3. The van der Waals surface area contributed by atoms with Gasteiger partial charge in [0.25, 0.3) is 0 Å². The highest BCUT2D eigenvalue weighted by atomic mass is 35.5. The van der Waals surface area contributed by atoms with Crippen molar-refractivity contribution in [3.05, 3.63) is 64.9 Å². The van der Waals surface area contributed by atoms with Crippen molar-refractivity contribution in [2.45, 2.75) is 6.36 Å². The maximum absolute atomic E-state index is 13.0. The zero-order chi connectivity index (χ0) is 17.7. The van der Waals surface area contributed by atoms with Gasteiger partial charge in [-0.05, 0) is 42.0 Å². The highest BCUT2D eigenvalue weighted by Crippen LogP contribution is 2.23. The second kappa shape index (κ2) is 7.35. The summed E-state index contributed by atoms with van der Waals surface area (Å²) < 4.78 is 52.8. The van der Waals surface area contributed by atoms with E-state index in [1.807, 2.05) is 0 Å². The lowest BCUT2D eigenvalue weighted by molar-refractivity contribution is -0.274. The predicted octanol–water partition coefficient (Wildman–Crippen LogP) is 5.03. The Morgan fingerprint density at radius 1 is 1.12 bits per heavy atom. The maximum atomic E-state index is 13.0. The minimum absolute atomic E-state index is 0.128. The third-order valence-electron chi connectivity index (χ3n) is 2.73. The van der Waals surface area contributed by atoms with Crippen LogP contribution in [0.15, 0.2) is 48.5 Å². The number of rotatable bonds is 4.